The lowest BCUT2D eigenvalue weighted by molar-refractivity contribution is 0.174. The zero-order valence-corrected chi connectivity index (χ0v) is 12.8. The van der Waals surface area contributed by atoms with Gasteiger partial charge >= 0.3 is 0 Å². The number of nitrogens with two attached hydrogens (primary N) is 1. The van der Waals surface area contributed by atoms with Crippen molar-refractivity contribution in [1.82, 2.24) is 4.90 Å². The summed E-state index contributed by atoms with van der Waals surface area (Å²) >= 11 is 0. The third kappa shape index (κ3) is 3.97. The van der Waals surface area contributed by atoms with Crippen molar-refractivity contribution in [2.75, 3.05) is 18.8 Å². The Balaban J connectivity index is 2.06. The van der Waals surface area contributed by atoms with E-state index < -0.39 is 0 Å². The minimum Gasteiger partial charge on any atom is -0.399 e. The fraction of sp³-hybridized carbons (Fsp3) is 0.647. The van der Waals surface area contributed by atoms with Crippen molar-refractivity contribution in [3.8, 4) is 0 Å². The highest BCUT2D eigenvalue weighted by Gasteiger charge is 2.30. The maximum atomic E-state index is 5.78. The van der Waals surface area contributed by atoms with E-state index in [1.165, 1.54) is 24.9 Å². The molecule has 0 aromatic heterocycles. The van der Waals surface area contributed by atoms with Crippen molar-refractivity contribution in [3.63, 3.8) is 0 Å². The first-order valence-corrected chi connectivity index (χ1v) is 7.48. The molecule has 0 amide bonds. The van der Waals surface area contributed by atoms with Crippen LogP contribution >= 0.6 is 0 Å². The van der Waals surface area contributed by atoms with Gasteiger partial charge in [0.05, 0.1) is 0 Å². The lowest BCUT2D eigenvalue weighted by Crippen LogP contribution is -2.42. The highest BCUT2D eigenvalue weighted by atomic mass is 15.2. The number of benzene rings is 1. The maximum absolute atomic E-state index is 5.78. The summed E-state index contributed by atoms with van der Waals surface area (Å²) in [7, 11) is 0. The van der Waals surface area contributed by atoms with Gasteiger partial charge in [0.25, 0.3) is 0 Å². The largest absolute Gasteiger partial charge is 0.399 e. The Morgan fingerprint density at radius 2 is 1.79 bits per heavy atom. The van der Waals surface area contributed by atoms with Crippen molar-refractivity contribution in [2.45, 2.75) is 52.0 Å². The van der Waals surface area contributed by atoms with E-state index in [4.69, 9.17) is 5.73 Å². The van der Waals surface area contributed by atoms with Crippen LogP contribution in [0.3, 0.4) is 0 Å². The summed E-state index contributed by atoms with van der Waals surface area (Å²) in [6.45, 7) is 11.7. The average Bonchev–Trinajstić information content (AvgIpc) is 3.12. The van der Waals surface area contributed by atoms with E-state index in [1.54, 1.807) is 0 Å². The Morgan fingerprint density at radius 3 is 2.26 bits per heavy atom. The molecule has 1 aromatic rings. The maximum Gasteiger partial charge on any atom is 0.0314 e. The monoisotopic (exact) mass is 260 g/mol. The second kappa shape index (κ2) is 5.54. The molecule has 19 heavy (non-hydrogen) atoms. The molecule has 2 rings (SSSR count). The van der Waals surface area contributed by atoms with Crippen LogP contribution in [-0.2, 0) is 5.41 Å². The Labute approximate surface area is 118 Å². The standard InChI is InChI=1S/C17H28N2/c1-13(2)19(11-14-5-6-14)12-17(3,4)15-7-9-16(18)10-8-15/h7-10,13-14H,5-6,11-12,18H2,1-4H3. The summed E-state index contributed by atoms with van der Waals surface area (Å²) in [6, 6.07) is 8.99. The van der Waals surface area contributed by atoms with E-state index in [0.29, 0.717) is 6.04 Å². The molecule has 0 bridgehead atoms. The fourth-order valence-corrected chi connectivity index (χ4v) is 2.62. The summed E-state index contributed by atoms with van der Waals surface area (Å²) in [4.78, 5) is 2.63. The van der Waals surface area contributed by atoms with Crippen molar-refractivity contribution < 1.29 is 0 Å². The average molecular weight is 260 g/mol. The minimum atomic E-state index is 0.173. The zero-order valence-electron chi connectivity index (χ0n) is 12.8. The topological polar surface area (TPSA) is 29.3 Å². The number of hydrogen-bond donors (Lipinski definition) is 1. The van der Waals surface area contributed by atoms with Gasteiger partial charge in [-0.25, -0.2) is 0 Å². The van der Waals surface area contributed by atoms with Crippen LogP contribution in [0, 0.1) is 5.92 Å². The van der Waals surface area contributed by atoms with E-state index in [-0.39, 0.29) is 5.41 Å². The second-order valence-corrected chi connectivity index (χ2v) is 6.97. The predicted octanol–water partition coefficient (Wildman–Crippen LogP) is 3.67. The van der Waals surface area contributed by atoms with Gasteiger partial charge in [-0.05, 0) is 50.3 Å². The second-order valence-electron chi connectivity index (χ2n) is 6.97. The quantitative estimate of drug-likeness (QED) is 0.791. The Hall–Kier alpha value is -1.02. The molecule has 1 fully saturated rings. The van der Waals surface area contributed by atoms with Crippen LogP contribution < -0.4 is 5.73 Å². The SMILES string of the molecule is CC(C)N(CC1CC1)CC(C)(C)c1ccc(N)cc1. The highest BCUT2D eigenvalue weighted by molar-refractivity contribution is 5.41. The zero-order chi connectivity index (χ0) is 14.0. The Kier molecular flexibility index (Phi) is 4.19. The van der Waals surface area contributed by atoms with Crippen molar-refractivity contribution in [2.24, 2.45) is 5.92 Å². The summed E-state index contributed by atoms with van der Waals surface area (Å²) in [5.74, 6) is 0.949. The number of rotatable bonds is 6. The van der Waals surface area contributed by atoms with Crippen molar-refractivity contribution in [3.05, 3.63) is 29.8 Å². The molecule has 0 radical (unpaired) electrons. The van der Waals surface area contributed by atoms with Gasteiger partial charge in [-0.3, -0.25) is 4.90 Å². The third-order valence-electron chi connectivity index (χ3n) is 4.21. The number of anilines is 1. The summed E-state index contributed by atoms with van der Waals surface area (Å²) in [5, 5.41) is 0. The minimum absolute atomic E-state index is 0.173. The Morgan fingerprint density at radius 1 is 1.21 bits per heavy atom. The van der Waals surface area contributed by atoms with Gasteiger partial charge in [0.15, 0.2) is 0 Å². The fourth-order valence-electron chi connectivity index (χ4n) is 2.62. The molecule has 1 aromatic carbocycles. The van der Waals surface area contributed by atoms with Crippen LogP contribution in [0.15, 0.2) is 24.3 Å². The van der Waals surface area contributed by atoms with Gasteiger partial charge in [0.1, 0.15) is 0 Å². The van der Waals surface area contributed by atoms with Crippen molar-refractivity contribution >= 4 is 5.69 Å². The lowest BCUT2D eigenvalue weighted by Gasteiger charge is -2.36. The number of hydrogen-bond acceptors (Lipinski definition) is 2. The molecule has 1 aliphatic rings. The molecule has 0 saturated heterocycles. The van der Waals surface area contributed by atoms with Gasteiger partial charge in [-0.1, -0.05) is 26.0 Å². The first-order chi connectivity index (χ1) is 8.88. The molecule has 0 atom stereocenters. The molecule has 0 spiro atoms. The lowest BCUT2D eigenvalue weighted by atomic mass is 9.83. The summed E-state index contributed by atoms with van der Waals surface area (Å²) in [6.07, 6.45) is 2.84. The van der Waals surface area contributed by atoms with Crippen LogP contribution in [0.4, 0.5) is 5.69 Å². The molecule has 1 aliphatic carbocycles. The van der Waals surface area contributed by atoms with Crippen molar-refractivity contribution in [1.29, 1.82) is 0 Å². The first kappa shape index (κ1) is 14.4. The van der Waals surface area contributed by atoms with E-state index >= 15 is 0 Å². The molecular formula is C17H28N2. The Bertz CT molecular complexity index is 402. The molecule has 106 valence electrons. The van der Waals surface area contributed by atoms with E-state index in [2.05, 4.69) is 44.7 Å². The normalized spacial score (nSPS) is 16.3. The van der Waals surface area contributed by atoms with Crippen LogP contribution in [0.25, 0.3) is 0 Å². The predicted molar refractivity (Wildman–Crippen MR) is 83.3 cm³/mol. The van der Waals surface area contributed by atoms with Gasteiger partial charge in [0, 0.05) is 30.2 Å². The molecule has 0 unspecified atom stereocenters. The first-order valence-electron chi connectivity index (χ1n) is 7.48. The number of nitrogen functional groups attached to an aromatic ring is 1. The van der Waals surface area contributed by atoms with Gasteiger partial charge in [0.2, 0.25) is 0 Å². The van der Waals surface area contributed by atoms with Gasteiger partial charge in [-0.2, -0.15) is 0 Å². The molecule has 0 heterocycles. The van der Waals surface area contributed by atoms with Crippen LogP contribution in [0.5, 0.6) is 0 Å². The van der Waals surface area contributed by atoms with E-state index in [1.807, 2.05) is 12.1 Å². The smallest absolute Gasteiger partial charge is 0.0314 e. The third-order valence-corrected chi connectivity index (χ3v) is 4.21. The molecular weight excluding hydrogens is 232 g/mol. The van der Waals surface area contributed by atoms with Gasteiger partial charge in [-0.15, -0.1) is 0 Å². The van der Waals surface area contributed by atoms with E-state index in [9.17, 15) is 0 Å². The van der Waals surface area contributed by atoms with Crippen LogP contribution in [0.2, 0.25) is 0 Å². The molecule has 2 nitrogen and oxygen atoms in total. The molecule has 1 saturated carbocycles. The van der Waals surface area contributed by atoms with Gasteiger partial charge < -0.3 is 5.73 Å². The van der Waals surface area contributed by atoms with Crippen LogP contribution in [0.1, 0.15) is 46.1 Å². The number of nitrogens with zero attached hydrogens (tertiary/aromatic N) is 1. The van der Waals surface area contributed by atoms with E-state index in [0.717, 1.165) is 18.2 Å². The van der Waals surface area contributed by atoms with Crippen LogP contribution in [-0.4, -0.2) is 24.0 Å². The summed E-state index contributed by atoms with van der Waals surface area (Å²) in [5.41, 5.74) is 8.18. The molecule has 0 aliphatic heterocycles. The highest BCUT2D eigenvalue weighted by Crippen LogP contribution is 2.32. The molecule has 2 N–H and O–H groups in total. The molecule has 2 heteroatoms. The summed E-state index contributed by atoms with van der Waals surface area (Å²) < 4.78 is 0.